The summed E-state index contributed by atoms with van der Waals surface area (Å²) < 4.78 is 1.07. The molecule has 0 atom stereocenters. The molecule has 1 aliphatic carbocycles. The summed E-state index contributed by atoms with van der Waals surface area (Å²) in [5, 5.41) is 0. The van der Waals surface area contributed by atoms with Crippen LogP contribution in [0.5, 0.6) is 0 Å². The van der Waals surface area contributed by atoms with Crippen LogP contribution in [0.3, 0.4) is 0 Å². The van der Waals surface area contributed by atoms with Gasteiger partial charge in [-0.1, -0.05) is 41.3 Å². The highest BCUT2D eigenvalue weighted by molar-refractivity contribution is 9.10. The van der Waals surface area contributed by atoms with Crippen LogP contribution in [-0.4, -0.2) is 17.4 Å². The molecule has 0 N–H and O–H groups in total. The molecule has 3 rings (SSSR count). The van der Waals surface area contributed by atoms with E-state index in [0.717, 1.165) is 29.0 Å². The van der Waals surface area contributed by atoms with E-state index in [2.05, 4.69) is 15.9 Å². The van der Waals surface area contributed by atoms with Gasteiger partial charge in [-0.3, -0.25) is 4.79 Å². The van der Waals surface area contributed by atoms with Crippen LogP contribution in [0.4, 0.5) is 0 Å². The summed E-state index contributed by atoms with van der Waals surface area (Å²) in [7, 11) is 0. The molecule has 1 heterocycles. The zero-order valence-electron chi connectivity index (χ0n) is 10.5. The van der Waals surface area contributed by atoms with Crippen LogP contribution in [0.15, 0.2) is 22.7 Å². The van der Waals surface area contributed by atoms with E-state index in [1.807, 2.05) is 23.1 Å². The van der Waals surface area contributed by atoms with E-state index in [9.17, 15) is 4.79 Å². The average molecular weight is 308 g/mol. The molecular formula is C15H18BrNO. The van der Waals surface area contributed by atoms with Crippen molar-refractivity contribution in [3.05, 3.63) is 33.8 Å². The molecule has 2 aliphatic rings. The predicted molar refractivity (Wildman–Crippen MR) is 75.5 cm³/mol. The van der Waals surface area contributed by atoms with Crippen LogP contribution in [0.25, 0.3) is 0 Å². The summed E-state index contributed by atoms with van der Waals surface area (Å²) in [6, 6.07) is 5.92. The third-order valence-electron chi connectivity index (χ3n) is 4.19. The lowest BCUT2D eigenvalue weighted by atomic mass is 9.89. The maximum Gasteiger partial charge on any atom is 0.254 e. The first-order valence-corrected chi connectivity index (χ1v) is 7.61. The van der Waals surface area contributed by atoms with Crippen molar-refractivity contribution in [2.24, 2.45) is 5.92 Å². The van der Waals surface area contributed by atoms with Gasteiger partial charge >= 0.3 is 0 Å². The SMILES string of the molecule is O=C1c2cccc(Br)c2CN1CC1CCCCC1. The Hall–Kier alpha value is -0.830. The number of halogens is 1. The number of fused-ring (bicyclic) bond motifs is 1. The van der Waals surface area contributed by atoms with Gasteiger partial charge in [-0.15, -0.1) is 0 Å². The van der Waals surface area contributed by atoms with Crippen molar-refractivity contribution >= 4 is 21.8 Å². The quantitative estimate of drug-likeness (QED) is 0.809. The van der Waals surface area contributed by atoms with Crippen molar-refractivity contribution in [1.82, 2.24) is 4.90 Å². The second kappa shape index (κ2) is 5.04. The molecule has 1 aliphatic heterocycles. The third kappa shape index (κ3) is 2.20. The fraction of sp³-hybridized carbons (Fsp3) is 0.533. The Morgan fingerprint density at radius 1 is 1.22 bits per heavy atom. The summed E-state index contributed by atoms with van der Waals surface area (Å²) in [4.78, 5) is 14.4. The highest BCUT2D eigenvalue weighted by atomic mass is 79.9. The molecule has 3 heteroatoms. The van der Waals surface area contributed by atoms with Gasteiger partial charge in [0, 0.05) is 23.1 Å². The normalized spacial score (nSPS) is 20.3. The molecule has 0 saturated heterocycles. The predicted octanol–water partition coefficient (Wildman–Crippen LogP) is 3.99. The number of benzene rings is 1. The van der Waals surface area contributed by atoms with E-state index in [-0.39, 0.29) is 5.91 Å². The lowest BCUT2D eigenvalue weighted by molar-refractivity contribution is 0.0738. The van der Waals surface area contributed by atoms with Crippen LogP contribution < -0.4 is 0 Å². The zero-order chi connectivity index (χ0) is 12.5. The van der Waals surface area contributed by atoms with Gasteiger partial charge in [-0.05, 0) is 36.5 Å². The third-order valence-corrected chi connectivity index (χ3v) is 4.93. The van der Waals surface area contributed by atoms with Crippen molar-refractivity contribution in [3.8, 4) is 0 Å². The van der Waals surface area contributed by atoms with Gasteiger partial charge in [0.2, 0.25) is 0 Å². The van der Waals surface area contributed by atoms with E-state index in [1.54, 1.807) is 0 Å². The van der Waals surface area contributed by atoms with Crippen LogP contribution in [0, 0.1) is 5.92 Å². The highest BCUT2D eigenvalue weighted by Crippen LogP contribution is 2.32. The fourth-order valence-electron chi connectivity index (χ4n) is 3.18. The van der Waals surface area contributed by atoms with Gasteiger partial charge in [0.1, 0.15) is 0 Å². The molecule has 1 fully saturated rings. The van der Waals surface area contributed by atoms with E-state index in [4.69, 9.17) is 0 Å². The fourth-order valence-corrected chi connectivity index (χ4v) is 3.67. The average Bonchev–Trinajstić information content (AvgIpc) is 2.70. The molecule has 2 nitrogen and oxygen atoms in total. The molecular weight excluding hydrogens is 290 g/mol. The summed E-state index contributed by atoms with van der Waals surface area (Å²) in [5.41, 5.74) is 2.05. The topological polar surface area (TPSA) is 20.3 Å². The number of nitrogens with zero attached hydrogens (tertiary/aromatic N) is 1. The number of carbonyl (C=O) groups is 1. The molecule has 0 radical (unpaired) electrons. The van der Waals surface area contributed by atoms with Gasteiger partial charge in [0.25, 0.3) is 5.91 Å². The van der Waals surface area contributed by atoms with Gasteiger partial charge in [-0.25, -0.2) is 0 Å². The second-order valence-corrected chi connectivity index (χ2v) is 6.31. The molecule has 1 saturated carbocycles. The van der Waals surface area contributed by atoms with Gasteiger partial charge in [0.05, 0.1) is 0 Å². The monoisotopic (exact) mass is 307 g/mol. The Labute approximate surface area is 116 Å². The molecule has 1 aromatic rings. The number of hydrogen-bond donors (Lipinski definition) is 0. The Bertz CT molecular complexity index is 466. The molecule has 0 unspecified atom stereocenters. The van der Waals surface area contributed by atoms with Crippen molar-refractivity contribution in [2.45, 2.75) is 38.6 Å². The highest BCUT2D eigenvalue weighted by Gasteiger charge is 2.30. The standard InChI is InChI=1S/C15H18BrNO/c16-14-8-4-7-12-13(14)10-17(15(12)18)9-11-5-2-1-3-6-11/h4,7-8,11H,1-3,5-6,9-10H2. The maximum atomic E-state index is 12.3. The van der Waals surface area contributed by atoms with Gasteiger partial charge in [-0.2, -0.15) is 0 Å². The number of carbonyl (C=O) groups excluding carboxylic acids is 1. The van der Waals surface area contributed by atoms with E-state index < -0.39 is 0 Å². The van der Waals surface area contributed by atoms with Gasteiger partial charge < -0.3 is 4.90 Å². The smallest absolute Gasteiger partial charge is 0.254 e. The lowest BCUT2D eigenvalue weighted by Crippen LogP contribution is -2.30. The molecule has 1 amide bonds. The molecule has 1 aromatic carbocycles. The van der Waals surface area contributed by atoms with Crippen LogP contribution in [0.2, 0.25) is 0 Å². The van der Waals surface area contributed by atoms with E-state index >= 15 is 0 Å². The van der Waals surface area contributed by atoms with E-state index in [0.29, 0.717) is 0 Å². The summed E-state index contributed by atoms with van der Waals surface area (Å²) in [6.07, 6.45) is 6.63. The second-order valence-electron chi connectivity index (χ2n) is 5.46. The first-order valence-electron chi connectivity index (χ1n) is 6.82. The van der Waals surface area contributed by atoms with Crippen LogP contribution >= 0.6 is 15.9 Å². The van der Waals surface area contributed by atoms with Crippen molar-refractivity contribution in [3.63, 3.8) is 0 Å². The largest absolute Gasteiger partial charge is 0.334 e. The molecule has 96 valence electrons. The first-order chi connectivity index (χ1) is 8.75. The zero-order valence-corrected chi connectivity index (χ0v) is 12.1. The molecule has 0 spiro atoms. The Morgan fingerprint density at radius 2 is 2.00 bits per heavy atom. The van der Waals surface area contributed by atoms with Crippen molar-refractivity contribution in [1.29, 1.82) is 0 Å². The minimum atomic E-state index is 0.219. The Morgan fingerprint density at radius 3 is 2.72 bits per heavy atom. The number of hydrogen-bond acceptors (Lipinski definition) is 1. The minimum Gasteiger partial charge on any atom is -0.334 e. The Balaban J connectivity index is 1.73. The summed E-state index contributed by atoms with van der Waals surface area (Å²) in [5.74, 6) is 0.938. The van der Waals surface area contributed by atoms with Crippen LogP contribution in [0.1, 0.15) is 48.0 Å². The minimum absolute atomic E-state index is 0.219. The van der Waals surface area contributed by atoms with Gasteiger partial charge in [0.15, 0.2) is 0 Å². The van der Waals surface area contributed by atoms with Crippen molar-refractivity contribution < 1.29 is 4.79 Å². The Kier molecular flexibility index (Phi) is 3.42. The number of amides is 1. The maximum absolute atomic E-state index is 12.3. The number of rotatable bonds is 2. The lowest BCUT2D eigenvalue weighted by Gasteiger charge is -2.26. The first kappa shape index (κ1) is 12.2. The summed E-state index contributed by atoms with van der Waals surface area (Å²) in [6.45, 7) is 1.73. The summed E-state index contributed by atoms with van der Waals surface area (Å²) >= 11 is 3.55. The van der Waals surface area contributed by atoms with Crippen LogP contribution in [-0.2, 0) is 6.54 Å². The molecule has 0 aromatic heterocycles. The van der Waals surface area contributed by atoms with E-state index in [1.165, 1.54) is 37.7 Å². The molecule has 0 bridgehead atoms. The molecule has 18 heavy (non-hydrogen) atoms. The van der Waals surface area contributed by atoms with Crippen molar-refractivity contribution in [2.75, 3.05) is 6.54 Å².